The molecule has 2 rings (SSSR count). The van der Waals surface area contributed by atoms with Crippen LogP contribution in [0.3, 0.4) is 0 Å². The zero-order valence-electron chi connectivity index (χ0n) is 12.3. The molecule has 0 heterocycles. The zero-order chi connectivity index (χ0) is 15.2. The van der Waals surface area contributed by atoms with Crippen LogP contribution in [0.2, 0.25) is 0 Å². The lowest BCUT2D eigenvalue weighted by Crippen LogP contribution is -2.39. The third-order valence-electron chi connectivity index (χ3n) is 4.05. The Balaban J connectivity index is 1.73. The summed E-state index contributed by atoms with van der Waals surface area (Å²) in [5, 5.41) is 15.0. The van der Waals surface area contributed by atoms with Crippen LogP contribution in [0.5, 0.6) is 0 Å². The zero-order valence-corrected chi connectivity index (χ0v) is 12.3. The predicted octanol–water partition coefficient (Wildman–Crippen LogP) is 2.17. The molecule has 1 aliphatic carbocycles. The van der Waals surface area contributed by atoms with Crippen molar-refractivity contribution in [3.63, 3.8) is 0 Å². The van der Waals surface area contributed by atoms with Crippen molar-refractivity contribution in [3.05, 3.63) is 29.8 Å². The number of benzene rings is 1. The Morgan fingerprint density at radius 2 is 1.86 bits per heavy atom. The van der Waals surface area contributed by atoms with Gasteiger partial charge in [-0.25, -0.2) is 0 Å². The van der Waals surface area contributed by atoms with Gasteiger partial charge >= 0.3 is 5.97 Å². The van der Waals surface area contributed by atoms with Crippen molar-refractivity contribution in [2.24, 2.45) is 5.92 Å². The number of rotatable bonds is 5. The summed E-state index contributed by atoms with van der Waals surface area (Å²) in [5.41, 5.74) is 1.87. The molecule has 21 heavy (non-hydrogen) atoms. The molecule has 114 valence electrons. The molecule has 0 spiro atoms. The fourth-order valence-corrected chi connectivity index (χ4v) is 2.69. The maximum Gasteiger partial charge on any atom is 0.306 e. The van der Waals surface area contributed by atoms with E-state index < -0.39 is 5.97 Å². The van der Waals surface area contributed by atoms with Crippen molar-refractivity contribution in [1.29, 1.82) is 0 Å². The molecule has 0 bridgehead atoms. The maximum absolute atomic E-state index is 11.9. The van der Waals surface area contributed by atoms with Gasteiger partial charge in [-0.2, -0.15) is 0 Å². The number of anilines is 1. The molecule has 0 aliphatic heterocycles. The topological polar surface area (TPSA) is 78.4 Å². The molecule has 0 saturated heterocycles. The minimum absolute atomic E-state index is 0.0651. The molecule has 1 saturated carbocycles. The van der Waals surface area contributed by atoms with E-state index in [-0.39, 0.29) is 24.4 Å². The standard InChI is InChI=1S/C16H22N2O3/c1-11-4-2-3-5-14(11)18-15(19)10-17-13-8-6-12(7-9-13)16(20)21/h2-5,12-13,17H,6-10H2,1H3,(H,18,19)(H,20,21). The summed E-state index contributed by atoms with van der Waals surface area (Å²) in [6.07, 6.45) is 3.00. The summed E-state index contributed by atoms with van der Waals surface area (Å²) >= 11 is 0. The van der Waals surface area contributed by atoms with Crippen molar-refractivity contribution in [2.75, 3.05) is 11.9 Å². The molecule has 1 aromatic carbocycles. The molecular weight excluding hydrogens is 268 g/mol. The van der Waals surface area contributed by atoms with E-state index in [9.17, 15) is 9.59 Å². The van der Waals surface area contributed by atoms with E-state index in [2.05, 4.69) is 10.6 Å². The fourth-order valence-electron chi connectivity index (χ4n) is 2.69. The van der Waals surface area contributed by atoms with E-state index in [0.717, 1.165) is 24.1 Å². The van der Waals surface area contributed by atoms with Gasteiger partial charge in [0.2, 0.25) is 5.91 Å². The van der Waals surface area contributed by atoms with Crippen molar-refractivity contribution in [1.82, 2.24) is 5.32 Å². The summed E-state index contributed by atoms with van der Waals surface area (Å²) in [6.45, 7) is 2.22. The average Bonchev–Trinajstić information content (AvgIpc) is 2.48. The first-order valence-electron chi connectivity index (χ1n) is 7.38. The second-order valence-corrected chi connectivity index (χ2v) is 5.63. The van der Waals surface area contributed by atoms with Gasteiger partial charge in [-0.3, -0.25) is 9.59 Å². The van der Waals surface area contributed by atoms with Crippen molar-refractivity contribution < 1.29 is 14.7 Å². The Bertz CT molecular complexity index is 508. The Hall–Kier alpha value is -1.88. The van der Waals surface area contributed by atoms with Crippen molar-refractivity contribution in [2.45, 2.75) is 38.6 Å². The van der Waals surface area contributed by atoms with Crippen LogP contribution in [0, 0.1) is 12.8 Å². The third kappa shape index (κ3) is 4.56. The predicted molar refractivity (Wildman–Crippen MR) is 81.2 cm³/mol. The molecule has 0 radical (unpaired) electrons. The molecule has 0 aromatic heterocycles. The number of aliphatic carboxylic acids is 1. The molecule has 5 heteroatoms. The number of carboxylic acids is 1. The first-order valence-corrected chi connectivity index (χ1v) is 7.38. The van der Waals surface area contributed by atoms with Crippen LogP contribution in [-0.2, 0) is 9.59 Å². The third-order valence-corrected chi connectivity index (χ3v) is 4.05. The molecular formula is C16H22N2O3. The summed E-state index contributed by atoms with van der Waals surface area (Å²) in [7, 11) is 0. The number of aryl methyl sites for hydroxylation is 1. The van der Waals surface area contributed by atoms with Gasteiger partial charge < -0.3 is 15.7 Å². The number of carbonyl (C=O) groups excluding carboxylic acids is 1. The number of para-hydroxylation sites is 1. The molecule has 5 nitrogen and oxygen atoms in total. The quantitative estimate of drug-likeness (QED) is 0.776. The summed E-state index contributed by atoms with van der Waals surface area (Å²) in [4.78, 5) is 22.8. The van der Waals surface area contributed by atoms with E-state index in [4.69, 9.17) is 5.11 Å². The number of hydrogen-bond acceptors (Lipinski definition) is 3. The largest absolute Gasteiger partial charge is 0.481 e. The van der Waals surface area contributed by atoms with Crippen LogP contribution in [0.4, 0.5) is 5.69 Å². The van der Waals surface area contributed by atoms with Crippen LogP contribution in [0.15, 0.2) is 24.3 Å². The highest BCUT2D eigenvalue weighted by Crippen LogP contribution is 2.24. The lowest BCUT2D eigenvalue weighted by atomic mass is 9.86. The van der Waals surface area contributed by atoms with E-state index >= 15 is 0 Å². The normalized spacial score (nSPS) is 21.8. The van der Waals surface area contributed by atoms with Gasteiger partial charge in [0.25, 0.3) is 0 Å². The SMILES string of the molecule is Cc1ccccc1NC(=O)CNC1CCC(C(=O)O)CC1. The number of carboxylic acid groups (broad SMARTS) is 1. The molecule has 0 unspecified atom stereocenters. The minimum atomic E-state index is -0.703. The second-order valence-electron chi connectivity index (χ2n) is 5.63. The molecule has 1 aliphatic rings. The first kappa shape index (κ1) is 15.5. The summed E-state index contributed by atoms with van der Waals surface area (Å²) < 4.78 is 0. The van der Waals surface area contributed by atoms with Crippen LogP contribution >= 0.6 is 0 Å². The van der Waals surface area contributed by atoms with E-state index in [1.54, 1.807) is 0 Å². The van der Waals surface area contributed by atoms with Gasteiger partial charge in [0, 0.05) is 11.7 Å². The van der Waals surface area contributed by atoms with Crippen molar-refractivity contribution >= 4 is 17.6 Å². The summed E-state index contributed by atoms with van der Waals surface area (Å²) in [5.74, 6) is -0.987. The lowest BCUT2D eigenvalue weighted by Gasteiger charge is -2.26. The fraction of sp³-hybridized carbons (Fsp3) is 0.500. The number of hydrogen-bond donors (Lipinski definition) is 3. The highest BCUT2D eigenvalue weighted by molar-refractivity contribution is 5.92. The van der Waals surface area contributed by atoms with Gasteiger partial charge in [-0.1, -0.05) is 18.2 Å². The van der Waals surface area contributed by atoms with Crippen LogP contribution in [0.1, 0.15) is 31.2 Å². The van der Waals surface area contributed by atoms with Crippen LogP contribution in [0.25, 0.3) is 0 Å². The highest BCUT2D eigenvalue weighted by atomic mass is 16.4. The highest BCUT2D eigenvalue weighted by Gasteiger charge is 2.25. The maximum atomic E-state index is 11.9. The molecule has 3 N–H and O–H groups in total. The van der Waals surface area contributed by atoms with Crippen molar-refractivity contribution in [3.8, 4) is 0 Å². The second kappa shape index (κ2) is 7.22. The number of amides is 1. The molecule has 1 aromatic rings. The molecule has 0 atom stereocenters. The Morgan fingerprint density at radius 3 is 2.48 bits per heavy atom. The van der Waals surface area contributed by atoms with Gasteiger partial charge in [0.1, 0.15) is 0 Å². The Labute approximate surface area is 124 Å². The average molecular weight is 290 g/mol. The first-order chi connectivity index (χ1) is 10.1. The van der Waals surface area contributed by atoms with E-state index in [0.29, 0.717) is 12.8 Å². The Morgan fingerprint density at radius 1 is 1.19 bits per heavy atom. The van der Waals surface area contributed by atoms with Crippen LogP contribution < -0.4 is 10.6 Å². The monoisotopic (exact) mass is 290 g/mol. The van der Waals surface area contributed by atoms with Gasteiger partial charge in [0.05, 0.1) is 12.5 Å². The molecule has 1 amide bonds. The number of nitrogens with one attached hydrogen (secondary N) is 2. The minimum Gasteiger partial charge on any atom is -0.481 e. The summed E-state index contributed by atoms with van der Waals surface area (Å²) in [6, 6.07) is 7.90. The van der Waals surface area contributed by atoms with E-state index in [1.165, 1.54) is 0 Å². The van der Waals surface area contributed by atoms with E-state index in [1.807, 2.05) is 31.2 Å². The Kier molecular flexibility index (Phi) is 5.33. The van der Waals surface area contributed by atoms with Crippen LogP contribution in [-0.4, -0.2) is 29.6 Å². The van der Waals surface area contributed by atoms with Gasteiger partial charge in [-0.15, -0.1) is 0 Å². The lowest BCUT2D eigenvalue weighted by molar-refractivity contribution is -0.143. The van der Waals surface area contributed by atoms with Gasteiger partial charge in [0.15, 0.2) is 0 Å². The van der Waals surface area contributed by atoms with Gasteiger partial charge in [-0.05, 0) is 44.2 Å². The molecule has 1 fully saturated rings. The smallest absolute Gasteiger partial charge is 0.306 e. The number of carbonyl (C=O) groups is 2.